The summed E-state index contributed by atoms with van der Waals surface area (Å²) in [7, 11) is 0. The molecule has 0 spiro atoms. The maximum Gasteiger partial charge on any atom is 0.192 e. The van der Waals surface area contributed by atoms with Crippen molar-refractivity contribution < 1.29 is 10.1 Å². The van der Waals surface area contributed by atoms with Gasteiger partial charge in [-0.2, -0.15) is 5.11 Å². The third kappa shape index (κ3) is 2.43. The summed E-state index contributed by atoms with van der Waals surface area (Å²) < 4.78 is 0. The smallest absolute Gasteiger partial charge is 0.192 e. The molecule has 0 saturated heterocycles. The first-order valence-corrected chi connectivity index (χ1v) is 4.77. The molecule has 0 radical (unpaired) electrons. The van der Waals surface area contributed by atoms with E-state index in [0.29, 0.717) is 5.69 Å². The van der Waals surface area contributed by atoms with Crippen molar-refractivity contribution in [1.82, 2.24) is 0 Å². The Morgan fingerprint density at radius 2 is 1.50 bits per heavy atom. The van der Waals surface area contributed by atoms with Gasteiger partial charge in [0, 0.05) is 0 Å². The molecule has 0 fully saturated rings. The van der Waals surface area contributed by atoms with Crippen molar-refractivity contribution in [1.29, 1.82) is 0 Å². The highest BCUT2D eigenvalue weighted by Crippen LogP contribution is 2.27. The summed E-state index contributed by atoms with van der Waals surface area (Å²) in [6.45, 7) is 0. The molecule has 0 aliphatic carbocycles. The Labute approximate surface area is 92.8 Å². The van der Waals surface area contributed by atoms with Crippen LogP contribution in [0.2, 0.25) is 0 Å². The number of hydrogen-bond donors (Lipinski definition) is 1. The highest BCUT2D eigenvalue weighted by Gasteiger charge is 2.00. The van der Waals surface area contributed by atoms with Gasteiger partial charge in [-0.3, -0.25) is 0 Å². The zero-order valence-electron chi connectivity index (χ0n) is 8.45. The lowest BCUT2D eigenvalue weighted by Gasteiger charge is -1.98. The highest BCUT2D eigenvalue weighted by molar-refractivity contribution is 5.51. The first-order valence-electron chi connectivity index (χ1n) is 4.77. The van der Waals surface area contributed by atoms with Gasteiger partial charge in [-0.15, -0.1) is 5.11 Å². The third-order valence-electron chi connectivity index (χ3n) is 1.99. The zero-order valence-corrected chi connectivity index (χ0v) is 8.45. The lowest BCUT2D eigenvalue weighted by atomic mass is 10.3. The van der Waals surface area contributed by atoms with Crippen LogP contribution in [0.1, 0.15) is 0 Å². The maximum absolute atomic E-state index is 8.61. The van der Waals surface area contributed by atoms with Crippen LogP contribution in [0.25, 0.3) is 0 Å². The molecule has 0 heterocycles. The lowest BCUT2D eigenvalue weighted by molar-refractivity contribution is -0.137. The van der Waals surface area contributed by atoms with Gasteiger partial charge in [-0.25, -0.2) is 5.26 Å². The van der Waals surface area contributed by atoms with E-state index in [1.54, 1.807) is 24.3 Å². The first kappa shape index (κ1) is 10.3. The molecule has 0 atom stereocenters. The second-order valence-corrected chi connectivity index (χ2v) is 3.09. The molecule has 0 bridgehead atoms. The number of para-hydroxylation sites is 1. The Kier molecular flexibility index (Phi) is 3.25. The van der Waals surface area contributed by atoms with Crippen molar-refractivity contribution in [3.63, 3.8) is 0 Å². The van der Waals surface area contributed by atoms with E-state index in [1.165, 1.54) is 0 Å². The van der Waals surface area contributed by atoms with Gasteiger partial charge in [0.05, 0.1) is 5.69 Å². The van der Waals surface area contributed by atoms with Crippen LogP contribution >= 0.6 is 0 Å². The molecule has 4 heteroatoms. The quantitative estimate of drug-likeness (QED) is 0.477. The minimum atomic E-state index is 0.280. The summed E-state index contributed by atoms with van der Waals surface area (Å²) >= 11 is 0. The Hall–Kier alpha value is -2.20. The highest BCUT2D eigenvalue weighted by atomic mass is 17.1. The Bertz CT molecular complexity index is 483. The summed E-state index contributed by atoms with van der Waals surface area (Å²) in [6.07, 6.45) is 0. The fraction of sp³-hybridized carbons (Fsp3) is 0. The van der Waals surface area contributed by atoms with Crippen molar-refractivity contribution in [2.75, 3.05) is 0 Å². The van der Waals surface area contributed by atoms with Crippen molar-refractivity contribution in [3.8, 4) is 5.75 Å². The number of nitrogens with zero attached hydrogens (tertiary/aromatic N) is 2. The Morgan fingerprint density at radius 1 is 0.812 bits per heavy atom. The van der Waals surface area contributed by atoms with Crippen LogP contribution in [0.15, 0.2) is 64.8 Å². The summed E-state index contributed by atoms with van der Waals surface area (Å²) in [6, 6.07) is 16.2. The van der Waals surface area contributed by atoms with E-state index in [2.05, 4.69) is 15.1 Å². The number of rotatable bonds is 3. The van der Waals surface area contributed by atoms with Gasteiger partial charge in [0.2, 0.25) is 0 Å². The monoisotopic (exact) mass is 214 g/mol. The normalized spacial score (nSPS) is 10.6. The minimum absolute atomic E-state index is 0.280. The molecule has 2 aromatic rings. The minimum Gasteiger partial charge on any atom is -0.338 e. The zero-order chi connectivity index (χ0) is 11.2. The van der Waals surface area contributed by atoms with Crippen molar-refractivity contribution in [2.45, 2.75) is 0 Å². The fourth-order valence-electron chi connectivity index (χ4n) is 1.22. The van der Waals surface area contributed by atoms with E-state index in [0.717, 1.165) is 5.69 Å². The van der Waals surface area contributed by atoms with Crippen LogP contribution in [0.4, 0.5) is 11.4 Å². The second-order valence-electron chi connectivity index (χ2n) is 3.09. The molecular weight excluding hydrogens is 204 g/mol. The molecule has 0 aromatic heterocycles. The maximum atomic E-state index is 8.61. The van der Waals surface area contributed by atoms with Crippen molar-refractivity contribution >= 4 is 11.4 Å². The molecule has 80 valence electrons. The second kappa shape index (κ2) is 5.04. The van der Waals surface area contributed by atoms with E-state index >= 15 is 0 Å². The number of hydrogen-bond acceptors (Lipinski definition) is 4. The largest absolute Gasteiger partial charge is 0.338 e. The molecule has 2 aromatic carbocycles. The molecule has 0 amide bonds. The van der Waals surface area contributed by atoms with Gasteiger partial charge < -0.3 is 4.89 Å². The molecule has 16 heavy (non-hydrogen) atoms. The standard InChI is InChI=1S/C12H10N2O2/c15-16-12-9-5-4-8-11(12)14-13-10-6-2-1-3-7-10/h1-9,15H. The van der Waals surface area contributed by atoms with Crippen LogP contribution in [0.3, 0.4) is 0 Å². The van der Waals surface area contributed by atoms with Crippen LogP contribution in [0.5, 0.6) is 5.75 Å². The Morgan fingerprint density at radius 3 is 2.25 bits per heavy atom. The van der Waals surface area contributed by atoms with E-state index in [-0.39, 0.29) is 5.75 Å². The summed E-state index contributed by atoms with van der Waals surface area (Å²) in [5.41, 5.74) is 1.23. The predicted molar refractivity (Wildman–Crippen MR) is 60.3 cm³/mol. The molecular formula is C12H10N2O2. The van der Waals surface area contributed by atoms with Gasteiger partial charge in [0.15, 0.2) is 5.75 Å². The van der Waals surface area contributed by atoms with Gasteiger partial charge in [0.1, 0.15) is 5.69 Å². The molecule has 1 N–H and O–H groups in total. The molecule has 0 saturated carbocycles. The van der Waals surface area contributed by atoms with Crippen LogP contribution < -0.4 is 4.89 Å². The summed E-state index contributed by atoms with van der Waals surface area (Å²) in [5.74, 6) is 0.280. The number of benzene rings is 2. The third-order valence-corrected chi connectivity index (χ3v) is 1.99. The predicted octanol–water partition coefficient (Wildman–Crippen LogP) is 3.95. The van der Waals surface area contributed by atoms with E-state index in [4.69, 9.17) is 5.26 Å². The summed E-state index contributed by atoms with van der Waals surface area (Å²) in [4.78, 5) is 4.18. The first-order chi connectivity index (χ1) is 7.90. The average Bonchev–Trinajstić information content (AvgIpc) is 2.38. The summed E-state index contributed by atoms with van der Waals surface area (Å²) in [5, 5.41) is 16.6. The molecule has 2 rings (SSSR count). The SMILES string of the molecule is OOc1ccccc1N=Nc1ccccc1. The van der Waals surface area contributed by atoms with Gasteiger partial charge >= 0.3 is 0 Å². The van der Waals surface area contributed by atoms with Gasteiger partial charge in [0.25, 0.3) is 0 Å². The molecule has 0 aliphatic rings. The van der Waals surface area contributed by atoms with Gasteiger partial charge in [-0.1, -0.05) is 30.3 Å². The van der Waals surface area contributed by atoms with Crippen LogP contribution in [-0.2, 0) is 0 Å². The average molecular weight is 214 g/mol. The van der Waals surface area contributed by atoms with Gasteiger partial charge in [-0.05, 0) is 24.3 Å². The Balaban J connectivity index is 2.24. The van der Waals surface area contributed by atoms with Crippen LogP contribution in [0, 0.1) is 0 Å². The van der Waals surface area contributed by atoms with E-state index in [9.17, 15) is 0 Å². The molecule has 4 nitrogen and oxygen atoms in total. The van der Waals surface area contributed by atoms with E-state index in [1.807, 2.05) is 30.3 Å². The van der Waals surface area contributed by atoms with Crippen LogP contribution in [-0.4, -0.2) is 5.26 Å². The fourth-order valence-corrected chi connectivity index (χ4v) is 1.22. The lowest BCUT2D eigenvalue weighted by Crippen LogP contribution is -1.82. The van der Waals surface area contributed by atoms with Crippen molar-refractivity contribution in [3.05, 3.63) is 54.6 Å². The van der Waals surface area contributed by atoms with E-state index < -0.39 is 0 Å². The number of azo groups is 1. The van der Waals surface area contributed by atoms with Crippen molar-refractivity contribution in [2.24, 2.45) is 10.2 Å². The molecule has 0 unspecified atom stereocenters. The topological polar surface area (TPSA) is 54.2 Å². The molecule has 0 aliphatic heterocycles.